The molecular formula is C15H17N3O2. The lowest BCUT2D eigenvalue weighted by molar-refractivity contribution is 0.0953. The predicted octanol–water partition coefficient (Wildman–Crippen LogP) is 1.97. The van der Waals surface area contributed by atoms with Crippen LogP contribution in [0.1, 0.15) is 10.4 Å². The highest BCUT2D eigenvalue weighted by Gasteiger charge is 2.08. The third-order valence-corrected chi connectivity index (χ3v) is 2.90. The van der Waals surface area contributed by atoms with E-state index in [1.807, 2.05) is 36.4 Å². The van der Waals surface area contributed by atoms with Crippen molar-refractivity contribution in [1.29, 1.82) is 0 Å². The average molecular weight is 271 g/mol. The zero-order valence-corrected chi connectivity index (χ0v) is 11.2. The minimum absolute atomic E-state index is 0.311. The normalized spacial score (nSPS) is 10.1. The first-order valence-corrected chi connectivity index (χ1v) is 6.19. The molecule has 1 amide bonds. The number of nitrogens with two attached hydrogens (primary N) is 1. The Hall–Kier alpha value is -2.37. The fourth-order valence-corrected chi connectivity index (χ4v) is 1.95. The average Bonchev–Trinajstić information content (AvgIpc) is 2.52. The molecule has 5 nitrogen and oxygen atoms in total. The highest BCUT2D eigenvalue weighted by atomic mass is 16.5. The number of nitrogens with one attached hydrogen (secondary N) is 2. The van der Waals surface area contributed by atoms with E-state index in [2.05, 4.69) is 10.7 Å². The fraction of sp³-hybridized carbons (Fsp3) is 0.133. The lowest BCUT2D eigenvalue weighted by Gasteiger charge is -2.12. The van der Waals surface area contributed by atoms with Crippen molar-refractivity contribution < 1.29 is 9.53 Å². The molecule has 4 N–H and O–H groups in total. The quantitative estimate of drug-likeness (QED) is 0.336. The van der Waals surface area contributed by atoms with Gasteiger partial charge < -0.3 is 10.1 Å². The van der Waals surface area contributed by atoms with Gasteiger partial charge in [0.2, 0.25) is 0 Å². The Labute approximate surface area is 117 Å². The zero-order chi connectivity index (χ0) is 14.4. The molecule has 0 bridgehead atoms. The molecule has 0 saturated carbocycles. The van der Waals surface area contributed by atoms with E-state index < -0.39 is 0 Å². The Bertz CT molecular complexity index is 599. The van der Waals surface area contributed by atoms with Gasteiger partial charge in [0.15, 0.2) is 0 Å². The molecule has 5 heteroatoms. The molecule has 0 heterocycles. The maximum absolute atomic E-state index is 11.6. The summed E-state index contributed by atoms with van der Waals surface area (Å²) in [7, 11) is 1.63. The molecule has 0 atom stereocenters. The van der Waals surface area contributed by atoms with Gasteiger partial charge in [0.25, 0.3) is 5.91 Å². The minimum Gasteiger partial charge on any atom is -0.365 e. The van der Waals surface area contributed by atoms with Crippen LogP contribution >= 0.6 is 0 Å². The Morgan fingerprint density at radius 1 is 1.20 bits per heavy atom. The second-order valence-electron chi connectivity index (χ2n) is 4.21. The first-order chi connectivity index (χ1) is 9.76. The van der Waals surface area contributed by atoms with Crippen molar-refractivity contribution in [2.24, 2.45) is 5.84 Å². The summed E-state index contributed by atoms with van der Waals surface area (Å²) in [5.74, 6) is 4.85. The van der Waals surface area contributed by atoms with Crippen LogP contribution in [-0.4, -0.2) is 19.7 Å². The number of rotatable bonds is 5. The van der Waals surface area contributed by atoms with Crippen molar-refractivity contribution in [2.75, 3.05) is 19.2 Å². The van der Waals surface area contributed by atoms with Gasteiger partial charge in [-0.25, -0.2) is 5.84 Å². The van der Waals surface area contributed by atoms with Crippen LogP contribution in [0.3, 0.4) is 0 Å². The molecule has 0 aliphatic heterocycles. The summed E-state index contributed by atoms with van der Waals surface area (Å²) in [6.07, 6.45) is 0. The van der Waals surface area contributed by atoms with Gasteiger partial charge in [-0.15, -0.1) is 0 Å². The lowest BCUT2D eigenvalue weighted by atomic mass is 10.0. The number of carbonyl (C=O) groups excluding carboxylic acids is 1. The number of para-hydroxylation sites is 1. The van der Waals surface area contributed by atoms with E-state index in [0.717, 1.165) is 16.8 Å². The molecule has 0 aliphatic rings. The summed E-state index contributed by atoms with van der Waals surface area (Å²) < 4.78 is 5.02. The smallest absolute Gasteiger partial charge is 0.265 e. The SMILES string of the molecule is COCNc1ccccc1-c1cccc(C(=O)NN)c1. The van der Waals surface area contributed by atoms with Gasteiger partial charge in [-0.1, -0.05) is 30.3 Å². The van der Waals surface area contributed by atoms with Gasteiger partial charge in [-0.3, -0.25) is 10.2 Å². The first kappa shape index (κ1) is 14.0. The molecule has 0 unspecified atom stereocenters. The van der Waals surface area contributed by atoms with Gasteiger partial charge in [-0.2, -0.15) is 0 Å². The Morgan fingerprint density at radius 3 is 2.75 bits per heavy atom. The van der Waals surface area contributed by atoms with Crippen LogP contribution in [0.25, 0.3) is 11.1 Å². The number of hydrogen-bond acceptors (Lipinski definition) is 4. The van der Waals surface area contributed by atoms with Crippen LogP contribution in [-0.2, 0) is 4.74 Å². The second kappa shape index (κ2) is 6.70. The summed E-state index contributed by atoms with van der Waals surface area (Å²) in [5, 5.41) is 3.18. The zero-order valence-electron chi connectivity index (χ0n) is 11.2. The van der Waals surface area contributed by atoms with E-state index in [-0.39, 0.29) is 5.91 Å². The molecule has 0 radical (unpaired) electrons. The lowest BCUT2D eigenvalue weighted by Crippen LogP contribution is -2.29. The van der Waals surface area contributed by atoms with E-state index in [0.29, 0.717) is 12.3 Å². The van der Waals surface area contributed by atoms with E-state index >= 15 is 0 Å². The van der Waals surface area contributed by atoms with Gasteiger partial charge in [0.1, 0.15) is 6.73 Å². The molecule has 0 saturated heterocycles. The van der Waals surface area contributed by atoms with Crippen LogP contribution in [0, 0.1) is 0 Å². The fourth-order valence-electron chi connectivity index (χ4n) is 1.95. The third kappa shape index (κ3) is 3.14. The highest BCUT2D eigenvalue weighted by molar-refractivity contribution is 5.95. The van der Waals surface area contributed by atoms with Crippen molar-refractivity contribution in [3.8, 4) is 11.1 Å². The number of anilines is 1. The van der Waals surface area contributed by atoms with Crippen molar-refractivity contribution in [3.05, 3.63) is 54.1 Å². The maximum Gasteiger partial charge on any atom is 0.265 e. The third-order valence-electron chi connectivity index (χ3n) is 2.90. The van der Waals surface area contributed by atoms with Gasteiger partial charge in [0.05, 0.1) is 0 Å². The van der Waals surface area contributed by atoms with E-state index in [9.17, 15) is 4.79 Å². The van der Waals surface area contributed by atoms with Crippen LogP contribution in [0.2, 0.25) is 0 Å². The topological polar surface area (TPSA) is 76.4 Å². The first-order valence-electron chi connectivity index (χ1n) is 6.19. The molecule has 20 heavy (non-hydrogen) atoms. The summed E-state index contributed by atoms with van der Waals surface area (Å²) in [5.41, 5.74) is 5.53. The number of amides is 1. The van der Waals surface area contributed by atoms with Crippen LogP contribution < -0.4 is 16.6 Å². The molecule has 2 rings (SSSR count). The van der Waals surface area contributed by atoms with Gasteiger partial charge >= 0.3 is 0 Å². The largest absolute Gasteiger partial charge is 0.365 e. The highest BCUT2D eigenvalue weighted by Crippen LogP contribution is 2.28. The summed E-state index contributed by atoms with van der Waals surface area (Å²) in [4.78, 5) is 11.6. The maximum atomic E-state index is 11.6. The number of benzene rings is 2. The number of hydrogen-bond donors (Lipinski definition) is 3. The molecule has 0 aliphatic carbocycles. The standard InChI is InChI=1S/C15H17N3O2/c1-20-10-17-14-8-3-2-7-13(14)11-5-4-6-12(9-11)15(19)18-16/h2-9,17H,10,16H2,1H3,(H,18,19). The Morgan fingerprint density at radius 2 is 2.00 bits per heavy atom. The van der Waals surface area contributed by atoms with E-state index in [4.69, 9.17) is 10.6 Å². The number of hydrazine groups is 1. The number of carbonyl (C=O) groups is 1. The summed E-state index contributed by atoms with van der Waals surface area (Å²) in [6.45, 7) is 0.417. The van der Waals surface area contributed by atoms with Crippen molar-refractivity contribution in [1.82, 2.24) is 5.43 Å². The second-order valence-corrected chi connectivity index (χ2v) is 4.21. The minimum atomic E-state index is -0.311. The van der Waals surface area contributed by atoms with E-state index in [1.165, 1.54) is 0 Å². The predicted molar refractivity (Wildman–Crippen MR) is 79.0 cm³/mol. The van der Waals surface area contributed by atoms with Crippen molar-refractivity contribution in [3.63, 3.8) is 0 Å². The van der Waals surface area contributed by atoms with Crippen molar-refractivity contribution in [2.45, 2.75) is 0 Å². The summed E-state index contributed by atoms with van der Waals surface area (Å²) >= 11 is 0. The summed E-state index contributed by atoms with van der Waals surface area (Å²) in [6, 6.07) is 15.1. The number of ether oxygens (including phenoxy) is 1. The molecule has 104 valence electrons. The Balaban J connectivity index is 2.38. The number of nitrogen functional groups attached to an aromatic ring is 1. The Kier molecular flexibility index (Phi) is 4.70. The molecule has 2 aromatic rings. The number of methoxy groups -OCH3 is 1. The molecule has 0 spiro atoms. The van der Waals surface area contributed by atoms with Gasteiger partial charge in [0, 0.05) is 23.9 Å². The van der Waals surface area contributed by atoms with Gasteiger partial charge in [-0.05, 0) is 23.8 Å². The van der Waals surface area contributed by atoms with Crippen molar-refractivity contribution >= 4 is 11.6 Å². The van der Waals surface area contributed by atoms with E-state index in [1.54, 1.807) is 19.2 Å². The molecular weight excluding hydrogens is 254 g/mol. The monoisotopic (exact) mass is 271 g/mol. The van der Waals surface area contributed by atoms with Crippen LogP contribution in [0.15, 0.2) is 48.5 Å². The molecule has 2 aromatic carbocycles. The molecule has 0 fully saturated rings. The van der Waals surface area contributed by atoms with Crippen LogP contribution in [0.5, 0.6) is 0 Å². The molecule has 0 aromatic heterocycles. The van der Waals surface area contributed by atoms with Crippen LogP contribution in [0.4, 0.5) is 5.69 Å².